The molecule has 1 spiro atoms. The molecule has 0 heterocycles. The Kier molecular flexibility index (Phi) is 5.71. The molecule has 15 heavy (non-hydrogen) atoms. The van der Waals surface area contributed by atoms with E-state index in [1.165, 1.54) is 44.9 Å². The Hall–Kier alpha value is 0. The summed E-state index contributed by atoms with van der Waals surface area (Å²) < 4.78 is 0. The second kappa shape index (κ2) is 6.55. The zero-order valence-electron chi connectivity index (χ0n) is 11.1. The van der Waals surface area contributed by atoms with Gasteiger partial charge in [0.05, 0.1) is 0 Å². The molecule has 90 valence electrons. The van der Waals surface area contributed by atoms with Gasteiger partial charge in [-0.1, -0.05) is 65.7 Å². The molecule has 2 fully saturated rings. The van der Waals surface area contributed by atoms with Gasteiger partial charge in [0.1, 0.15) is 0 Å². The average Bonchev–Trinajstić information content (AvgIpc) is 2.47. The largest absolute Gasteiger partial charge is 0.0683 e. The van der Waals surface area contributed by atoms with Gasteiger partial charge in [-0.15, -0.1) is 0 Å². The zero-order chi connectivity index (χ0) is 11.1. The van der Waals surface area contributed by atoms with Gasteiger partial charge in [0.25, 0.3) is 0 Å². The first kappa shape index (κ1) is 13.1. The molecule has 0 nitrogen and oxygen atoms in total. The summed E-state index contributed by atoms with van der Waals surface area (Å²) in [5, 5.41) is 0. The SMILES string of the molecule is CC.CC1CCCCCC12CCCCC2. The molecule has 1 atom stereocenters. The predicted octanol–water partition coefficient (Wildman–Crippen LogP) is 5.56. The third kappa shape index (κ3) is 3.23. The molecule has 2 saturated carbocycles. The van der Waals surface area contributed by atoms with Crippen LogP contribution in [0.2, 0.25) is 0 Å². The number of hydrogen-bond donors (Lipinski definition) is 0. The first-order chi connectivity index (χ1) is 7.33. The van der Waals surface area contributed by atoms with Crippen LogP contribution in [0.25, 0.3) is 0 Å². The van der Waals surface area contributed by atoms with Crippen molar-refractivity contribution in [2.75, 3.05) is 0 Å². The van der Waals surface area contributed by atoms with Crippen LogP contribution in [0.15, 0.2) is 0 Å². The zero-order valence-corrected chi connectivity index (χ0v) is 11.1. The van der Waals surface area contributed by atoms with Crippen LogP contribution >= 0.6 is 0 Å². The van der Waals surface area contributed by atoms with Crippen molar-refractivity contribution < 1.29 is 0 Å². The molecule has 0 aromatic rings. The lowest BCUT2D eigenvalue weighted by molar-refractivity contribution is 0.0971. The van der Waals surface area contributed by atoms with Gasteiger partial charge in [0.15, 0.2) is 0 Å². The predicted molar refractivity (Wildman–Crippen MR) is 69.1 cm³/mol. The fourth-order valence-electron chi connectivity index (χ4n) is 3.66. The summed E-state index contributed by atoms with van der Waals surface area (Å²) in [4.78, 5) is 0. The lowest BCUT2D eigenvalue weighted by Crippen LogP contribution is -2.30. The molecular formula is C15H30. The minimum Gasteiger partial charge on any atom is -0.0683 e. The molecule has 0 radical (unpaired) electrons. The summed E-state index contributed by atoms with van der Waals surface area (Å²) in [7, 11) is 0. The molecular weight excluding hydrogens is 180 g/mol. The van der Waals surface area contributed by atoms with Crippen LogP contribution in [0.5, 0.6) is 0 Å². The summed E-state index contributed by atoms with van der Waals surface area (Å²) in [6.45, 7) is 6.52. The molecule has 2 rings (SSSR count). The van der Waals surface area contributed by atoms with Crippen LogP contribution in [0.4, 0.5) is 0 Å². The summed E-state index contributed by atoms with van der Waals surface area (Å²) >= 11 is 0. The van der Waals surface area contributed by atoms with Crippen molar-refractivity contribution in [3.63, 3.8) is 0 Å². The van der Waals surface area contributed by atoms with E-state index in [2.05, 4.69) is 6.92 Å². The molecule has 2 aliphatic rings. The van der Waals surface area contributed by atoms with E-state index in [0.717, 1.165) is 11.3 Å². The Bertz CT molecular complexity index is 153. The standard InChI is InChI=1S/C13H24.C2H6/c1-12-8-4-2-5-9-13(12)10-6-3-7-11-13;1-2/h12H,2-11H2,1H3;1-2H3. The van der Waals surface area contributed by atoms with E-state index in [4.69, 9.17) is 0 Å². The van der Waals surface area contributed by atoms with Crippen molar-refractivity contribution in [3.8, 4) is 0 Å². The fraction of sp³-hybridized carbons (Fsp3) is 1.00. The van der Waals surface area contributed by atoms with E-state index >= 15 is 0 Å². The molecule has 0 saturated heterocycles. The van der Waals surface area contributed by atoms with E-state index in [-0.39, 0.29) is 0 Å². The summed E-state index contributed by atoms with van der Waals surface area (Å²) in [6, 6.07) is 0. The van der Waals surface area contributed by atoms with Gasteiger partial charge in [0.2, 0.25) is 0 Å². The smallest absolute Gasteiger partial charge is 0.0272 e. The summed E-state index contributed by atoms with van der Waals surface area (Å²) in [5.74, 6) is 1.02. The summed E-state index contributed by atoms with van der Waals surface area (Å²) in [5.41, 5.74) is 0.800. The van der Waals surface area contributed by atoms with Gasteiger partial charge in [0, 0.05) is 0 Å². The van der Waals surface area contributed by atoms with Crippen LogP contribution in [0.1, 0.15) is 85.0 Å². The highest BCUT2D eigenvalue weighted by Crippen LogP contribution is 2.49. The Morgan fingerprint density at radius 1 is 0.733 bits per heavy atom. The van der Waals surface area contributed by atoms with Crippen LogP contribution < -0.4 is 0 Å². The van der Waals surface area contributed by atoms with Crippen LogP contribution in [0.3, 0.4) is 0 Å². The van der Waals surface area contributed by atoms with Crippen molar-refractivity contribution in [1.82, 2.24) is 0 Å². The topological polar surface area (TPSA) is 0 Å². The van der Waals surface area contributed by atoms with E-state index in [1.807, 2.05) is 13.8 Å². The second-order valence-electron chi connectivity index (χ2n) is 5.42. The van der Waals surface area contributed by atoms with E-state index in [0.29, 0.717) is 0 Å². The monoisotopic (exact) mass is 210 g/mol. The maximum atomic E-state index is 2.52. The molecule has 0 aromatic carbocycles. The normalized spacial score (nSPS) is 30.2. The highest BCUT2D eigenvalue weighted by molar-refractivity contribution is 4.88. The van der Waals surface area contributed by atoms with Gasteiger partial charge in [-0.2, -0.15) is 0 Å². The Labute approximate surface area is 96.8 Å². The van der Waals surface area contributed by atoms with Crippen molar-refractivity contribution in [1.29, 1.82) is 0 Å². The van der Waals surface area contributed by atoms with E-state index in [1.54, 1.807) is 19.3 Å². The third-order valence-electron chi connectivity index (χ3n) is 4.71. The molecule has 0 bridgehead atoms. The fourth-order valence-corrected chi connectivity index (χ4v) is 3.66. The van der Waals surface area contributed by atoms with Gasteiger partial charge >= 0.3 is 0 Å². The first-order valence-electron chi connectivity index (χ1n) is 7.33. The maximum Gasteiger partial charge on any atom is -0.0272 e. The Balaban J connectivity index is 0.000000531. The second-order valence-corrected chi connectivity index (χ2v) is 5.42. The number of hydrogen-bond acceptors (Lipinski definition) is 0. The molecule has 0 N–H and O–H groups in total. The average molecular weight is 210 g/mol. The minimum atomic E-state index is 0.800. The van der Waals surface area contributed by atoms with Crippen molar-refractivity contribution in [2.24, 2.45) is 11.3 Å². The van der Waals surface area contributed by atoms with Gasteiger partial charge in [-0.25, -0.2) is 0 Å². The van der Waals surface area contributed by atoms with Crippen molar-refractivity contribution in [3.05, 3.63) is 0 Å². The van der Waals surface area contributed by atoms with Crippen LogP contribution in [0, 0.1) is 11.3 Å². The van der Waals surface area contributed by atoms with E-state index < -0.39 is 0 Å². The highest BCUT2D eigenvalue weighted by atomic mass is 14.4. The molecule has 0 aromatic heterocycles. The van der Waals surface area contributed by atoms with Crippen molar-refractivity contribution in [2.45, 2.75) is 85.0 Å². The van der Waals surface area contributed by atoms with E-state index in [9.17, 15) is 0 Å². The lowest BCUT2D eigenvalue weighted by Gasteiger charge is -2.41. The van der Waals surface area contributed by atoms with Crippen LogP contribution in [-0.4, -0.2) is 0 Å². The van der Waals surface area contributed by atoms with Gasteiger partial charge in [-0.3, -0.25) is 0 Å². The molecule has 1 unspecified atom stereocenters. The molecule has 0 heteroatoms. The van der Waals surface area contributed by atoms with Gasteiger partial charge < -0.3 is 0 Å². The minimum absolute atomic E-state index is 0.800. The maximum absolute atomic E-state index is 2.52. The third-order valence-corrected chi connectivity index (χ3v) is 4.71. The lowest BCUT2D eigenvalue weighted by atomic mass is 9.64. The van der Waals surface area contributed by atoms with Gasteiger partial charge in [-0.05, 0) is 30.6 Å². The Morgan fingerprint density at radius 3 is 1.73 bits per heavy atom. The molecule has 2 aliphatic carbocycles. The Morgan fingerprint density at radius 2 is 1.20 bits per heavy atom. The number of rotatable bonds is 0. The first-order valence-corrected chi connectivity index (χ1v) is 7.33. The quantitative estimate of drug-likeness (QED) is 0.491. The summed E-state index contributed by atoms with van der Waals surface area (Å²) in [6.07, 6.45) is 15.2. The molecule has 0 aliphatic heterocycles. The molecule has 0 amide bonds. The van der Waals surface area contributed by atoms with Crippen LogP contribution in [-0.2, 0) is 0 Å². The highest BCUT2D eigenvalue weighted by Gasteiger charge is 2.37. The van der Waals surface area contributed by atoms with Crippen molar-refractivity contribution >= 4 is 0 Å².